The predicted octanol–water partition coefficient (Wildman–Crippen LogP) is 13.8. The minimum absolute atomic E-state index is 0.0359. The van der Waals surface area contributed by atoms with E-state index in [9.17, 15) is 0 Å². The monoisotopic (exact) mass is 707 g/mol. The van der Waals surface area contributed by atoms with Crippen LogP contribution in [0.3, 0.4) is 0 Å². The van der Waals surface area contributed by atoms with Gasteiger partial charge >= 0.3 is 0 Å². The second-order valence-corrected chi connectivity index (χ2v) is 24.0. The van der Waals surface area contributed by atoms with Crippen LogP contribution in [0.2, 0.25) is 0 Å². The Hall–Kier alpha value is 1.72. The molecule has 0 aromatic rings. The van der Waals surface area contributed by atoms with Crippen LogP contribution in [0.15, 0.2) is 0 Å². The summed E-state index contributed by atoms with van der Waals surface area (Å²) in [5.74, 6) is 5.87. The van der Waals surface area contributed by atoms with E-state index in [1.165, 1.54) is 193 Å². The molecule has 0 saturated heterocycles. The fourth-order valence-electron chi connectivity index (χ4n) is 12.9. The van der Waals surface area contributed by atoms with E-state index >= 15 is 0 Å². The second kappa shape index (κ2) is 18.0. The van der Waals surface area contributed by atoms with E-state index in [0.717, 1.165) is 35.5 Å². The van der Waals surface area contributed by atoms with Crippen LogP contribution in [0.5, 0.6) is 0 Å². The fraction of sp³-hybridized carbons (Fsp3) is 1.00. The molecule has 3 unspecified atom stereocenters. The number of rotatable bonds is 12. The SMILES string of the molecule is PC(CP(CC(P)(C1CCCCC1)C1CCCCC1)CC(P)(C1CCCCC1)C1CCCCC1)(C1CCCCC1)C1CCCCC1. The van der Waals surface area contributed by atoms with Gasteiger partial charge in [-0.15, -0.1) is 35.6 Å². The van der Waals surface area contributed by atoms with Gasteiger partial charge in [0.25, 0.3) is 0 Å². The first-order chi connectivity index (χ1) is 22.4. The highest BCUT2D eigenvalue weighted by Crippen LogP contribution is 2.63. The van der Waals surface area contributed by atoms with Gasteiger partial charge < -0.3 is 0 Å². The second-order valence-electron chi connectivity index (χ2n) is 18.5. The highest BCUT2D eigenvalue weighted by atomic mass is 31.1. The number of hydrogen-bond donors (Lipinski definition) is 0. The van der Waals surface area contributed by atoms with Gasteiger partial charge in [0, 0.05) is 0 Å². The molecule has 0 bridgehead atoms. The molecule has 0 radical (unpaired) electrons. The molecule has 0 amide bonds. The van der Waals surface area contributed by atoms with Gasteiger partial charge in [0.2, 0.25) is 0 Å². The molecular weight excluding hydrogens is 628 g/mol. The summed E-state index contributed by atoms with van der Waals surface area (Å²) in [6.07, 6.45) is 50.5. The molecule has 0 aromatic carbocycles. The fourth-order valence-corrected chi connectivity index (χ4v) is 21.5. The normalized spacial score (nSPS) is 27.4. The van der Waals surface area contributed by atoms with E-state index in [1.54, 1.807) is 18.5 Å². The van der Waals surface area contributed by atoms with Crippen LogP contribution < -0.4 is 0 Å². The van der Waals surface area contributed by atoms with Crippen LogP contribution in [0.4, 0.5) is 0 Å². The van der Waals surface area contributed by atoms with Gasteiger partial charge in [-0.05, 0) is 147 Å². The van der Waals surface area contributed by atoms with E-state index in [4.69, 9.17) is 0 Å². The molecule has 0 heterocycles. The Balaban J connectivity index is 1.37. The van der Waals surface area contributed by atoms with Crippen molar-refractivity contribution in [2.24, 2.45) is 35.5 Å². The van der Waals surface area contributed by atoms with Gasteiger partial charge in [0.15, 0.2) is 0 Å². The Morgan fingerprint density at radius 2 is 0.435 bits per heavy atom. The maximum Gasteiger partial charge on any atom is -0.00548 e. The van der Waals surface area contributed by atoms with Crippen LogP contribution in [0.25, 0.3) is 0 Å². The third-order valence-electron chi connectivity index (χ3n) is 15.7. The first-order valence-corrected chi connectivity index (χ1v) is 25.1. The molecule has 6 fully saturated rings. The van der Waals surface area contributed by atoms with Crippen molar-refractivity contribution >= 4 is 35.6 Å². The van der Waals surface area contributed by atoms with Gasteiger partial charge in [-0.3, -0.25) is 0 Å². The van der Waals surface area contributed by atoms with Crippen LogP contribution in [0, 0.1) is 35.5 Å². The lowest BCUT2D eigenvalue weighted by atomic mass is 9.69. The van der Waals surface area contributed by atoms with Crippen LogP contribution in [-0.4, -0.2) is 34.0 Å². The summed E-state index contributed by atoms with van der Waals surface area (Å²) in [5, 5.41) is 1.55. The van der Waals surface area contributed by atoms with Crippen molar-refractivity contribution in [2.45, 2.75) is 208 Å². The molecule has 0 aromatic heterocycles. The van der Waals surface area contributed by atoms with Crippen molar-refractivity contribution in [2.75, 3.05) is 18.5 Å². The Morgan fingerprint density at radius 1 is 0.283 bits per heavy atom. The molecule has 266 valence electrons. The summed E-state index contributed by atoms with van der Waals surface area (Å²) in [6.45, 7) is 0. The van der Waals surface area contributed by atoms with Crippen molar-refractivity contribution < 1.29 is 0 Å². The van der Waals surface area contributed by atoms with Crippen LogP contribution in [0.1, 0.15) is 193 Å². The van der Waals surface area contributed by atoms with Crippen molar-refractivity contribution in [3.63, 3.8) is 0 Å². The lowest BCUT2D eigenvalue weighted by Gasteiger charge is -2.55. The average molecular weight is 707 g/mol. The summed E-state index contributed by atoms with van der Waals surface area (Å²) < 4.78 is 0. The minimum atomic E-state index is -0.0359. The zero-order chi connectivity index (χ0) is 31.9. The van der Waals surface area contributed by atoms with Crippen molar-refractivity contribution in [3.8, 4) is 0 Å². The predicted molar refractivity (Wildman–Crippen MR) is 218 cm³/mol. The van der Waals surface area contributed by atoms with Gasteiger partial charge in [-0.2, -0.15) is 0 Å². The first kappa shape index (κ1) is 37.5. The maximum atomic E-state index is 3.81. The first-order valence-electron chi connectivity index (χ1n) is 21.5. The molecule has 46 heavy (non-hydrogen) atoms. The molecule has 6 saturated carbocycles. The lowest BCUT2D eigenvalue weighted by Crippen LogP contribution is -2.50. The average Bonchev–Trinajstić information content (AvgIpc) is 3.13. The topological polar surface area (TPSA) is 0 Å². The third kappa shape index (κ3) is 9.01. The molecule has 0 spiro atoms. The van der Waals surface area contributed by atoms with E-state index < -0.39 is 0 Å². The Labute approximate surface area is 296 Å². The highest BCUT2D eigenvalue weighted by molar-refractivity contribution is 7.59. The molecule has 6 rings (SSSR count). The standard InChI is InChI=1S/C42H78P4/c43-40(34-19-7-1-8-20-34,35-21-9-2-10-22-35)31-46(32-41(44,36-23-11-3-12-24-36)37-25-13-4-14-26-37)33-42(45,38-27-15-5-16-28-38)39-29-17-6-18-30-39/h34-39H,1-33,43-45H2. The van der Waals surface area contributed by atoms with Crippen molar-refractivity contribution in [1.29, 1.82) is 0 Å². The van der Waals surface area contributed by atoms with Crippen molar-refractivity contribution in [1.82, 2.24) is 0 Å². The third-order valence-corrected chi connectivity index (χ3v) is 23.1. The van der Waals surface area contributed by atoms with Gasteiger partial charge in [-0.25, -0.2) is 0 Å². The van der Waals surface area contributed by atoms with E-state index in [0.29, 0.717) is 15.5 Å². The van der Waals surface area contributed by atoms with Crippen LogP contribution in [-0.2, 0) is 0 Å². The molecule has 6 aliphatic carbocycles. The molecule has 6 aliphatic rings. The minimum Gasteiger partial charge on any atom is -0.130 e. The quantitative estimate of drug-likeness (QED) is 0.177. The van der Waals surface area contributed by atoms with E-state index in [-0.39, 0.29) is 7.92 Å². The Morgan fingerprint density at radius 3 is 0.587 bits per heavy atom. The summed E-state index contributed by atoms with van der Waals surface area (Å²) >= 11 is 0. The molecule has 4 heteroatoms. The zero-order valence-corrected chi connectivity index (χ0v) is 34.8. The molecule has 0 N–H and O–H groups in total. The van der Waals surface area contributed by atoms with Crippen molar-refractivity contribution in [3.05, 3.63) is 0 Å². The van der Waals surface area contributed by atoms with Gasteiger partial charge in [0.1, 0.15) is 0 Å². The highest BCUT2D eigenvalue weighted by Gasteiger charge is 2.51. The Bertz CT molecular complexity index is 698. The lowest BCUT2D eigenvalue weighted by molar-refractivity contribution is 0.181. The van der Waals surface area contributed by atoms with Gasteiger partial charge in [0.05, 0.1) is 0 Å². The Kier molecular flexibility index (Phi) is 14.6. The summed E-state index contributed by atoms with van der Waals surface area (Å²) in [6, 6.07) is 0. The molecular formula is C42H78P4. The van der Waals surface area contributed by atoms with E-state index in [2.05, 4.69) is 27.7 Å². The molecule has 0 nitrogen and oxygen atoms in total. The maximum absolute atomic E-state index is 3.81. The number of hydrogen-bond acceptors (Lipinski definition) is 0. The smallest absolute Gasteiger partial charge is 0.00548 e. The summed E-state index contributed by atoms with van der Waals surface area (Å²) in [7, 11) is 11.4. The molecule has 3 atom stereocenters. The van der Waals surface area contributed by atoms with Crippen LogP contribution >= 0.6 is 35.6 Å². The summed E-state index contributed by atoms with van der Waals surface area (Å²) in [5.41, 5.74) is 0. The summed E-state index contributed by atoms with van der Waals surface area (Å²) in [4.78, 5) is 0. The van der Waals surface area contributed by atoms with Gasteiger partial charge in [-0.1, -0.05) is 116 Å². The largest absolute Gasteiger partial charge is 0.130 e. The zero-order valence-electron chi connectivity index (χ0n) is 30.5. The molecule has 0 aliphatic heterocycles. The van der Waals surface area contributed by atoms with E-state index in [1.807, 2.05) is 0 Å².